The standard InChI is InChI=1S/C21H19BrO3/c1-24-19-11-15(12-20(13-19)25-2)9-17-7-6-16(21(17)23)8-14-4-3-5-18(22)10-14/h3-5,8-13H,6-7H2,1-2H3. The summed E-state index contributed by atoms with van der Waals surface area (Å²) >= 11 is 3.46. The molecule has 0 atom stereocenters. The Morgan fingerprint density at radius 3 is 2.04 bits per heavy atom. The van der Waals surface area contributed by atoms with Crippen molar-refractivity contribution >= 4 is 33.9 Å². The van der Waals surface area contributed by atoms with E-state index in [1.54, 1.807) is 14.2 Å². The van der Waals surface area contributed by atoms with Crippen molar-refractivity contribution in [2.75, 3.05) is 14.2 Å². The molecule has 0 aromatic heterocycles. The number of allylic oxidation sites excluding steroid dienone is 2. The zero-order valence-corrected chi connectivity index (χ0v) is 15.8. The Bertz CT molecular complexity index is 843. The molecule has 1 fully saturated rings. The molecule has 0 spiro atoms. The van der Waals surface area contributed by atoms with Crippen LogP contribution in [0.25, 0.3) is 12.2 Å². The van der Waals surface area contributed by atoms with E-state index < -0.39 is 0 Å². The fourth-order valence-electron chi connectivity index (χ4n) is 2.89. The quantitative estimate of drug-likeness (QED) is 0.655. The summed E-state index contributed by atoms with van der Waals surface area (Å²) in [6, 6.07) is 13.6. The van der Waals surface area contributed by atoms with E-state index in [1.165, 1.54) is 0 Å². The Hall–Kier alpha value is -2.33. The number of halogens is 1. The molecule has 0 saturated heterocycles. The summed E-state index contributed by atoms with van der Waals surface area (Å²) in [6.07, 6.45) is 5.41. The molecule has 25 heavy (non-hydrogen) atoms. The highest BCUT2D eigenvalue weighted by molar-refractivity contribution is 9.10. The number of hydrogen-bond donors (Lipinski definition) is 0. The molecular weight excluding hydrogens is 380 g/mol. The van der Waals surface area contributed by atoms with Crippen molar-refractivity contribution in [3.05, 3.63) is 69.2 Å². The Labute approximate surface area is 156 Å². The van der Waals surface area contributed by atoms with Gasteiger partial charge in [-0.25, -0.2) is 0 Å². The number of benzene rings is 2. The van der Waals surface area contributed by atoms with Crippen LogP contribution in [0, 0.1) is 0 Å². The molecule has 0 radical (unpaired) electrons. The van der Waals surface area contributed by atoms with Crippen molar-refractivity contribution in [1.82, 2.24) is 0 Å². The van der Waals surface area contributed by atoms with E-state index in [4.69, 9.17) is 9.47 Å². The van der Waals surface area contributed by atoms with Gasteiger partial charge in [0, 0.05) is 21.7 Å². The van der Waals surface area contributed by atoms with Crippen LogP contribution in [0.15, 0.2) is 58.1 Å². The summed E-state index contributed by atoms with van der Waals surface area (Å²) in [7, 11) is 3.23. The Morgan fingerprint density at radius 2 is 1.48 bits per heavy atom. The second-order valence-electron chi connectivity index (χ2n) is 5.87. The lowest BCUT2D eigenvalue weighted by atomic mass is 10.1. The molecular formula is C21H19BrO3. The normalized spacial score (nSPS) is 17.3. The fourth-order valence-corrected chi connectivity index (χ4v) is 3.31. The molecule has 0 bridgehead atoms. The van der Waals surface area contributed by atoms with Gasteiger partial charge in [0.05, 0.1) is 14.2 Å². The number of ether oxygens (including phenoxy) is 2. The van der Waals surface area contributed by atoms with Gasteiger partial charge in [0.25, 0.3) is 0 Å². The molecule has 2 aromatic rings. The molecule has 2 aromatic carbocycles. The first-order valence-corrected chi connectivity index (χ1v) is 8.83. The molecule has 3 nitrogen and oxygen atoms in total. The molecule has 0 heterocycles. The van der Waals surface area contributed by atoms with E-state index >= 15 is 0 Å². The lowest BCUT2D eigenvalue weighted by Gasteiger charge is -2.06. The van der Waals surface area contributed by atoms with Gasteiger partial charge in [-0.3, -0.25) is 4.79 Å². The highest BCUT2D eigenvalue weighted by atomic mass is 79.9. The molecule has 0 aliphatic heterocycles. The molecule has 3 rings (SSSR count). The molecule has 1 saturated carbocycles. The summed E-state index contributed by atoms with van der Waals surface area (Å²) in [5.74, 6) is 1.53. The minimum atomic E-state index is 0.113. The minimum absolute atomic E-state index is 0.113. The highest BCUT2D eigenvalue weighted by Crippen LogP contribution is 2.31. The first-order chi connectivity index (χ1) is 12.1. The number of Topliss-reactive ketones (excluding diaryl/α,β-unsaturated/α-hetero) is 1. The summed E-state index contributed by atoms with van der Waals surface area (Å²) in [5, 5.41) is 0. The van der Waals surface area contributed by atoms with Gasteiger partial charge in [-0.05, 0) is 60.4 Å². The highest BCUT2D eigenvalue weighted by Gasteiger charge is 2.23. The van der Waals surface area contributed by atoms with Crippen molar-refractivity contribution < 1.29 is 14.3 Å². The van der Waals surface area contributed by atoms with Crippen molar-refractivity contribution in [1.29, 1.82) is 0 Å². The van der Waals surface area contributed by atoms with Crippen molar-refractivity contribution in [3.8, 4) is 11.5 Å². The van der Waals surface area contributed by atoms with Crippen molar-refractivity contribution in [2.45, 2.75) is 12.8 Å². The third kappa shape index (κ3) is 4.20. The van der Waals surface area contributed by atoms with E-state index in [0.717, 1.165) is 39.6 Å². The number of hydrogen-bond acceptors (Lipinski definition) is 3. The minimum Gasteiger partial charge on any atom is -0.497 e. The summed E-state index contributed by atoms with van der Waals surface area (Å²) in [4.78, 5) is 12.7. The topological polar surface area (TPSA) is 35.5 Å². The van der Waals surface area contributed by atoms with E-state index in [1.807, 2.05) is 54.6 Å². The van der Waals surface area contributed by atoms with E-state index in [-0.39, 0.29) is 5.78 Å². The van der Waals surface area contributed by atoms with Crippen LogP contribution in [0.2, 0.25) is 0 Å². The molecule has 0 N–H and O–H groups in total. The SMILES string of the molecule is COc1cc(C=C2CCC(=Cc3cccc(Br)c3)C2=O)cc(OC)c1. The van der Waals surface area contributed by atoms with Crippen molar-refractivity contribution in [2.24, 2.45) is 0 Å². The van der Waals surface area contributed by atoms with Crippen molar-refractivity contribution in [3.63, 3.8) is 0 Å². The average molecular weight is 399 g/mol. The maximum absolute atomic E-state index is 12.7. The fraction of sp³-hybridized carbons (Fsp3) is 0.190. The molecule has 0 amide bonds. The van der Waals surface area contributed by atoms with Gasteiger partial charge in [-0.15, -0.1) is 0 Å². The van der Waals surface area contributed by atoms with Gasteiger partial charge < -0.3 is 9.47 Å². The van der Waals surface area contributed by atoms with Crippen LogP contribution in [0.3, 0.4) is 0 Å². The second-order valence-corrected chi connectivity index (χ2v) is 6.78. The Kier molecular flexibility index (Phi) is 5.39. The largest absolute Gasteiger partial charge is 0.497 e. The Balaban J connectivity index is 1.88. The van der Waals surface area contributed by atoms with Crippen LogP contribution in [-0.2, 0) is 4.79 Å². The maximum Gasteiger partial charge on any atom is 0.185 e. The zero-order valence-electron chi connectivity index (χ0n) is 14.2. The number of ketones is 1. The first-order valence-electron chi connectivity index (χ1n) is 8.03. The first kappa shape index (κ1) is 17.5. The number of carbonyl (C=O) groups excluding carboxylic acids is 1. The van der Waals surface area contributed by atoms with Crippen LogP contribution in [0.4, 0.5) is 0 Å². The smallest absolute Gasteiger partial charge is 0.185 e. The van der Waals surface area contributed by atoms with E-state index in [9.17, 15) is 4.79 Å². The van der Waals surface area contributed by atoms with Gasteiger partial charge in [0.1, 0.15) is 11.5 Å². The van der Waals surface area contributed by atoms with Crippen LogP contribution in [0.5, 0.6) is 11.5 Å². The summed E-state index contributed by atoms with van der Waals surface area (Å²) in [5.41, 5.74) is 3.60. The lowest BCUT2D eigenvalue weighted by molar-refractivity contribution is -0.111. The summed E-state index contributed by atoms with van der Waals surface area (Å²) < 4.78 is 11.6. The average Bonchev–Trinajstić information content (AvgIpc) is 2.94. The van der Waals surface area contributed by atoms with Gasteiger partial charge in [-0.2, -0.15) is 0 Å². The monoisotopic (exact) mass is 398 g/mol. The number of rotatable bonds is 4. The molecule has 1 aliphatic rings. The molecule has 128 valence electrons. The van der Waals surface area contributed by atoms with Crippen LogP contribution in [-0.4, -0.2) is 20.0 Å². The second kappa shape index (κ2) is 7.70. The zero-order chi connectivity index (χ0) is 17.8. The van der Waals surface area contributed by atoms with Gasteiger partial charge >= 0.3 is 0 Å². The van der Waals surface area contributed by atoms with E-state index in [0.29, 0.717) is 11.5 Å². The van der Waals surface area contributed by atoms with Gasteiger partial charge in [0.15, 0.2) is 5.78 Å². The van der Waals surface area contributed by atoms with Gasteiger partial charge in [-0.1, -0.05) is 28.1 Å². The van der Waals surface area contributed by atoms with Crippen LogP contribution < -0.4 is 9.47 Å². The molecule has 4 heteroatoms. The Morgan fingerprint density at radius 1 is 0.880 bits per heavy atom. The molecule has 0 unspecified atom stereocenters. The number of carbonyl (C=O) groups is 1. The van der Waals surface area contributed by atoms with Crippen LogP contribution >= 0.6 is 15.9 Å². The number of methoxy groups -OCH3 is 2. The third-order valence-electron chi connectivity index (χ3n) is 4.15. The van der Waals surface area contributed by atoms with Gasteiger partial charge in [0.2, 0.25) is 0 Å². The summed E-state index contributed by atoms with van der Waals surface area (Å²) in [6.45, 7) is 0. The molecule has 1 aliphatic carbocycles. The predicted molar refractivity (Wildman–Crippen MR) is 104 cm³/mol. The van der Waals surface area contributed by atoms with Crippen LogP contribution in [0.1, 0.15) is 24.0 Å². The van der Waals surface area contributed by atoms with E-state index in [2.05, 4.69) is 15.9 Å². The third-order valence-corrected chi connectivity index (χ3v) is 4.64. The lowest BCUT2D eigenvalue weighted by Crippen LogP contribution is -1.96. The predicted octanol–water partition coefficient (Wildman–Crippen LogP) is 5.30. The maximum atomic E-state index is 12.7.